The van der Waals surface area contributed by atoms with Crippen LogP contribution >= 0.6 is 0 Å². The van der Waals surface area contributed by atoms with Crippen molar-refractivity contribution in [3.05, 3.63) is 59.7 Å². The summed E-state index contributed by atoms with van der Waals surface area (Å²) in [6, 6.07) is 14.2. The summed E-state index contributed by atoms with van der Waals surface area (Å²) < 4.78 is 10.7. The SMILES string of the molecule is CC(C)(C)c1ccc2c(c1)C(C)(C(=O)Oc1ccccc1)C(=O)O2. The molecule has 2 aromatic carbocycles. The van der Waals surface area contributed by atoms with Crippen LogP contribution in [0, 0.1) is 0 Å². The third kappa shape index (κ3) is 2.58. The van der Waals surface area contributed by atoms with E-state index in [0.717, 1.165) is 5.56 Å². The smallest absolute Gasteiger partial charge is 0.333 e. The van der Waals surface area contributed by atoms with Gasteiger partial charge >= 0.3 is 11.9 Å². The van der Waals surface area contributed by atoms with Crippen LogP contribution in [0.15, 0.2) is 48.5 Å². The molecule has 1 aliphatic heterocycles. The average molecular weight is 324 g/mol. The molecule has 0 spiro atoms. The molecular weight excluding hydrogens is 304 g/mol. The van der Waals surface area contributed by atoms with Crippen LogP contribution in [0.5, 0.6) is 11.5 Å². The van der Waals surface area contributed by atoms with Gasteiger partial charge in [0.25, 0.3) is 0 Å². The van der Waals surface area contributed by atoms with Gasteiger partial charge in [0, 0.05) is 5.56 Å². The Balaban J connectivity index is 2.02. The molecule has 0 radical (unpaired) electrons. The highest BCUT2D eigenvalue weighted by atomic mass is 16.6. The standard InChI is InChI=1S/C20H20O4/c1-19(2,3)13-10-11-16-15(12-13)20(4,18(22)24-16)17(21)23-14-8-6-5-7-9-14/h5-12H,1-4H3. The molecule has 4 nitrogen and oxygen atoms in total. The molecule has 0 N–H and O–H groups in total. The number of hydrogen-bond acceptors (Lipinski definition) is 4. The molecule has 0 bridgehead atoms. The fourth-order valence-corrected chi connectivity index (χ4v) is 2.68. The third-order valence-electron chi connectivity index (χ3n) is 4.36. The van der Waals surface area contributed by atoms with E-state index in [0.29, 0.717) is 17.1 Å². The maximum absolute atomic E-state index is 12.7. The summed E-state index contributed by atoms with van der Waals surface area (Å²) in [5, 5.41) is 0. The van der Waals surface area contributed by atoms with Crippen molar-refractivity contribution in [2.24, 2.45) is 0 Å². The zero-order chi connectivity index (χ0) is 17.5. The van der Waals surface area contributed by atoms with Crippen LogP contribution in [0.3, 0.4) is 0 Å². The lowest BCUT2D eigenvalue weighted by molar-refractivity contribution is -0.151. The number of hydrogen-bond donors (Lipinski definition) is 0. The molecule has 4 heteroatoms. The zero-order valence-electron chi connectivity index (χ0n) is 14.3. The van der Waals surface area contributed by atoms with E-state index in [9.17, 15) is 9.59 Å². The molecule has 0 aromatic heterocycles. The Morgan fingerprint density at radius 3 is 2.38 bits per heavy atom. The zero-order valence-corrected chi connectivity index (χ0v) is 14.3. The third-order valence-corrected chi connectivity index (χ3v) is 4.36. The Morgan fingerprint density at radius 2 is 1.75 bits per heavy atom. The molecule has 0 aliphatic carbocycles. The van der Waals surface area contributed by atoms with Crippen LogP contribution in [0.4, 0.5) is 0 Å². The van der Waals surface area contributed by atoms with Crippen LogP contribution in [0.25, 0.3) is 0 Å². The quantitative estimate of drug-likeness (QED) is 0.479. The highest BCUT2D eigenvalue weighted by Gasteiger charge is 2.53. The second kappa shape index (κ2) is 5.48. The molecule has 1 unspecified atom stereocenters. The first kappa shape index (κ1) is 16.2. The summed E-state index contributed by atoms with van der Waals surface area (Å²) in [5.41, 5.74) is 0.0105. The lowest BCUT2D eigenvalue weighted by Crippen LogP contribution is -2.42. The average Bonchev–Trinajstić information content (AvgIpc) is 2.79. The minimum Gasteiger partial charge on any atom is -0.425 e. The van der Waals surface area contributed by atoms with E-state index < -0.39 is 17.4 Å². The Labute approximate surface area is 141 Å². The summed E-state index contributed by atoms with van der Waals surface area (Å²) in [6.07, 6.45) is 0. The summed E-state index contributed by atoms with van der Waals surface area (Å²) in [5.74, 6) is -0.425. The molecule has 1 heterocycles. The molecule has 124 valence electrons. The molecular formula is C20H20O4. The molecule has 24 heavy (non-hydrogen) atoms. The van der Waals surface area contributed by atoms with Gasteiger partial charge < -0.3 is 9.47 Å². The number of para-hydroxylation sites is 1. The van der Waals surface area contributed by atoms with Crippen molar-refractivity contribution in [2.45, 2.75) is 38.5 Å². The normalized spacial score (nSPS) is 19.6. The Morgan fingerprint density at radius 1 is 1.08 bits per heavy atom. The summed E-state index contributed by atoms with van der Waals surface area (Å²) in [7, 11) is 0. The molecule has 1 atom stereocenters. The fraction of sp³-hybridized carbons (Fsp3) is 0.300. The van der Waals surface area contributed by atoms with Gasteiger partial charge in [-0.1, -0.05) is 45.0 Å². The van der Waals surface area contributed by atoms with Gasteiger partial charge in [-0.3, -0.25) is 9.59 Å². The van der Waals surface area contributed by atoms with Crippen molar-refractivity contribution in [1.82, 2.24) is 0 Å². The van der Waals surface area contributed by atoms with Gasteiger partial charge in [0.05, 0.1) is 0 Å². The molecule has 3 rings (SSSR count). The Hall–Kier alpha value is -2.62. The van der Waals surface area contributed by atoms with Crippen LogP contribution < -0.4 is 9.47 Å². The number of esters is 2. The predicted molar refractivity (Wildman–Crippen MR) is 90.2 cm³/mol. The van der Waals surface area contributed by atoms with Crippen LogP contribution in [0.1, 0.15) is 38.8 Å². The number of carbonyl (C=O) groups excluding carboxylic acids is 2. The van der Waals surface area contributed by atoms with E-state index in [1.165, 1.54) is 0 Å². The highest BCUT2D eigenvalue weighted by Crippen LogP contribution is 2.42. The van der Waals surface area contributed by atoms with Gasteiger partial charge in [0.1, 0.15) is 11.5 Å². The first-order valence-electron chi connectivity index (χ1n) is 7.87. The Bertz CT molecular complexity index is 802. The second-order valence-electron chi connectivity index (χ2n) is 7.18. The molecule has 0 saturated heterocycles. The minimum absolute atomic E-state index is 0.106. The first-order valence-corrected chi connectivity index (χ1v) is 7.87. The van der Waals surface area contributed by atoms with Gasteiger partial charge in [-0.05, 0) is 42.2 Å². The van der Waals surface area contributed by atoms with E-state index in [1.54, 1.807) is 37.3 Å². The topological polar surface area (TPSA) is 52.6 Å². The van der Waals surface area contributed by atoms with Gasteiger partial charge in [-0.15, -0.1) is 0 Å². The molecule has 0 saturated carbocycles. The minimum atomic E-state index is -1.47. The molecule has 2 aromatic rings. The number of carbonyl (C=O) groups is 2. The largest absolute Gasteiger partial charge is 0.425 e. The van der Waals surface area contributed by atoms with Gasteiger partial charge in [0.15, 0.2) is 5.41 Å². The van der Waals surface area contributed by atoms with Gasteiger partial charge in [0.2, 0.25) is 0 Å². The van der Waals surface area contributed by atoms with E-state index in [4.69, 9.17) is 9.47 Å². The maximum Gasteiger partial charge on any atom is 0.333 e. The van der Waals surface area contributed by atoms with E-state index in [1.807, 2.05) is 18.2 Å². The van der Waals surface area contributed by atoms with Crippen molar-refractivity contribution in [1.29, 1.82) is 0 Å². The summed E-state index contributed by atoms with van der Waals surface area (Å²) in [6.45, 7) is 7.78. The number of ether oxygens (including phenoxy) is 2. The summed E-state index contributed by atoms with van der Waals surface area (Å²) >= 11 is 0. The monoisotopic (exact) mass is 324 g/mol. The summed E-state index contributed by atoms with van der Waals surface area (Å²) in [4.78, 5) is 25.2. The van der Waals surface area contributed by atoms with Crippen molar-refractivity contribution in [3.63, 3.8) is 0 Å². The lowest BCUT2D eigenvalue weighted by atomic mass is 9.79. The number of rotatable bonds is 2. The van der Waals surface area contributed by atoms with Gasteiger partial charge in [-0.2, -0.15) is 0 Å². The molecule has 0 amide bonds. The van der Waals surface area contributed by atoms with E-state index in [2.05, 4.69) is 20.8 Å². The molecule has 1 aliphatic rings. The van der Waals surface area contributed by atoms with E-state index >= 15 is 0 Å². The van der Waals surface area contributed by atoms with E-state index in [-0.39, 0.29) is 5.41 Å². The second-order valence-corrected chi connectivity index (χ2v) is 7.18. The fourth-order valence-electron chi connectivity index (χ4n) is 2.68. The van der Waals surface area contributed by atoms with Crippen molar-refractivity contribution >= 4 is 11.9 Å². The first-order chi connectivity index (χ1) is 11.2. The Kier molecular flexibility index (Phi) is 3.71. The lowest BCUT2D eigenvalue weighted by Gasteiger charge is -2.22. The van der Waals surface area contributed by atoms with Gasteiger partial charge in [-0.25, -0.2) is 0 Å². The predicted octanol–water partition coefficient (Wildman–Crippen LogP) is 3.77. The molecule has 0 fully saturated rings. The number of benzene rings is 2. The highest BCUT2D eigenvalue weighted by molar-refractivity contribution is 6.10. The number of fused-ring (bicyclic) bond motifs is 1. The van der Waals surface area contributed by atoms with Crippen molar-refractivity contribution < 1.29 is 19.1 Å². The maximum atomic E-state index is 12.7. The van der Waals surface area contributed by atoms with Crippen LogP contribution in [-0.4, -0.2) is 11.9 Å². The van der Waals surface area contributed by atoms with Crippen molar-refractivity contribution in [3.8, 4) is 11.5 Å². The van der Waals surface area contributed by atoms with Crippen LogP contribution in [-0.2, 0) is 20.4 Å². The van der Waals surface area contributed by atoms with Crippen molar-refractivity contribution in [2.75, 3.05) is 0 Å². The van der Waals surface area contributed by atoms with Crippen LogP contribution in [0.2, 0.25) is 0 Å².